The molecular formula is C12H10F5NSW-. The Morgan fingerprint density at radius 3 is 1.15 bits per heavy atom. The number of hydrogen-bond donors (Lipinski definition) is 0. The molecule has 111 valence electrons. The molecule has 0 aliphatic rings. The van der Waals surface area contributed by atoms with Gasteiger partial charge in [0.1, 0.15) is 0 Å². The molecule has 0 saturated carbocycles. The molecule has 0 amide bonds. The third kappa shape index (κ3) is 8.17. The van der Waals surface area contributed by atoms with Crippen molar-refractivity contribution in [1.29, 1.82) is 0 Å². The number of halogens is 5. The summed E-state index contributed by atoms with van der Waals surface area (Å²) in [5.74, 6) is 0. The summed E-state index contributed by atoms with van der Waals surface area (Å²) in [4.78, 5) is 1.91. The summed E-state index contributed by atoms with van der Waals surface area (Å²) in [6.45, 7) is 0. The van der Waals surface area contributed by atoms with Crippen LogP contribution in [0.2, 0.25) is 0 Å². The number of hydrogen-bond acceptors (Lipinski definition) is 0. The maximum atomic E-state index is 10.0. The van der Waals surface area contributed by atoms with Crippen LogP contribution in [0.15, 0.2) is 70.5 Å². The zero-order chi connectivity index (χ0) is 15.3. The second-order valence-corrected chi connectivity index (χ2v) is 9.20. The number of benzene rings is 2. The third-order valence-corrected chi connectivity index (χ3v) is 3.37. The van der Waals surface area contributed by atoms with E-state index in [0.717, 1.165) is 9.79 Å². The third-order valence-electron chi connectivity index (χ3n) is 1.93. The fraction of sp³-hybridized carbons (Fsp3) is 0. The zero-order valence-electron chi connectivity index (χ0n) is 9.93. The van der Waals surface area contributed by atoms with E-state index < -0.39 is 28.1 Å². The molecule has 0 saturated heterocycles. The van der Waals surface area contributed by atoms with Crippen molar-refractivity contribution in [1.82, 2.24) is 0 Å². The fourth-order valence-corrected chi connectivity index (χ4v) is 2.34. The first-order valence-electron chi connectivity index (χ1n) is 5.18. The normalized spacial score (nSPS) is 13.0. The van der Waals surface area contributed by atoms with Crippen molar-refractivity contribution in [3.05, 3.63) is 65.4 Å². The van der Waals surface area contributed by atoms with Gasteiger partial charge < -0.3 is 4.78 Å². The Hall–Kier alpha value is -1.07. The van der Waals surface area contributed by atoms with Crippen LogP contribution in [0.3, 0.4) is 0 Å². The Morgan fingerprint density at radius 2 is 0.900 bits per heavy atom. The van der Waals surface area contributed by atoms with Crippen LogP contribution in [-0.4, -0.2) is 0 Å². The van der Waals surface area contributed by atoms with E-state index in [-0.39, 0.29) is 0 Å². The molecule has 0 aliphatic carbocycles. The molecule has 20 heavy (non-hydrogen) atoms. The average Bonchev–Trinajstić information content (AvgIpc) is 2.37. The smallest absolute Gasteiger partial charge is 0.0147 e. The van der Waals surface area contributed by atoms with Gasteiger partial charge in [0.25, 0.3) is 0 Å². The molecule has 0 bridgehead atoms. The van der Waals surface area contributed by atoms with Crippen LogP contribution in [0.4, 0.5) is 15.8 Å². The molecule has 0 aromatic heterocycles. The van der Waals surface area contributed by atoms with E-state index in [9.17, 15) is 20.6 Å². The Bertz CT molecular complexity index is 510. The minimum Gasteiger partial charge on any atom is -0.772 e. The quantitative estimate of drug-likeness (QED) is 0.503. The SMILES string of the molecule is [F][W]([F])([F])([F])[F].[N-]=S(c1ccccc1)c1ccccc1. The Kier molecular flexibility index (Phi) is 5.59. The molecule has 0 unspecified atom stereocenters. The predicted octanol–water partition coefficient (Wildman–Crippen LogP) is 5.57. The van der Waals surface area contributed by atoms with Crippen molar-refractivity contribution in [2.75, 3.05) is 0 Å². The Labute approximate surface area is 119 Å². The molecule has 0 N–H and O–H groups in total. The van der Waals surface area contributed by atoms with E-state index in [1.54, 1.807) is 0 Å². The Balaban J connectivity index is 0.000000286. The molecule has 2 aromatic carbocycles. The maximum absolute atomic E-state index is 10.0. The summed E-state index contributed by atoms with van der Waals surface area (Å²) in [6.07, 6.45) is 0. The van der Waals surface area contributed by atoms with Crippen molar-refractivity contribution in [2.24, 2.45) is 0 Å². The van der Waals surface area contributed by atoms with Gasteiger partial charge in [0.2, 0.25) is 0 Å². The van der Waals surface area contributed by atoms with Crippen molar-refractivity contribution in [2.45, 2.75) is 9.79 Å². The van der Waals surface area contributed by atoms with E-state index in [2.05, 4.69) is 0 Å². The summed E-state index contributed by atoms with van der Waals surface area (Å²) in [5.41, 5.74) is 0. The minimum absolute atomic E-state index is 0.797. The molecule has 0 heterocycles. The molecule has 0 aliphatic heterocycles. The summed E-state index contributed by atoms with van der Waals surface area (Å²) >= 11 is -9.25. The van der Waals surface area contributed by atoms with Gasteiger partial charge in [-0.1, -0.05) is 60.7 Å². The van der Waals surface area contributed by atoms with Crippen LogP contribution < -0.4 is 0 Å². The summed E-state index contributed by atoms with van der Waals surface area (Å²) in [5, 5.41) is 0. The zero-order valence-corrected chi connectivity index (χ0v) is 13.7. The van der Waals surface area contributed by atoms with Gasteiger partial charge in [-0.15, -0.1) is 0 Å². The Morgan fingerprint density at radius 1 is 0.650 bits per heavy atom. The first kappa shape index (κ1) is 17.0. The largest absolute Gasteiger partial charge is 0.772 e. The van der Waals surface area contributed by atoms with Gasteiger partial charge in [0.05, 0.1) is 0 Å². The van der Waals surface area contributed by atoms with Crippen molar-refractivity contribution < 1.29 is 33.2 Å². The molecule has 2 rings (SSSR count). The van der Waals surface area contributed by atoms with Crippen molar-refractivity contribution in [3.8, 4) is 0 Å². The number of nitrogens with zero attached hydrogens (tertiary/aromatic N) is 1. The number of rotatable bonds is 2. The monoisotopic (exact) mass is 479 g/mol. The molecule has 1 nitrogen and oxygen atoms in total. The summed E-state index contributed by atoms with van der Waals surface area (Å²) in [7, 11) is -0.797. The predicted molar refractivity (Wildman–Crippen MR) is 65.7 cm³/mol. The van der Waals surface area contributed by atoms with Crippen LogP contribution in [0.5, 0.6) is 0 Å². The first-order valence-corrected chi connectivity index (χ1v) is 11.9. The molecule has 0 atom stereocenters. The van der Waals surface area contributed by atoms with Crippen molar-refractivity contribution in [3.63, 3.8) is 0 Å². The molecule has 0 radical (unpaired) electrons. The molecule has 2 aromatic rings. The van der Waals surface area contributed by atoms with Crippen LogP contribution in [0.25, 0.3) is 4.78 Å². The minimum atomic E-state index is -9.25. The molecule has 8 heteroatoms. The van der Waals surface area contributed by atoms with Gasteiger partial charge in [0.15, 0.2) is 0 Å². The van der Waals surface area contributed by atoms with E-state index >= 15 is 0 Å². The topological polar surface area (TPSA) is 22.3 Å². The standard InChI is InChI=1S/C12H10NS.5FH.W/c13-14(11-7-3-1-4-8-11)12-9-5-2-6-10-12;;;;;;/h1-10H;5*1H;/q-1;;;;;;+5/p-5. The van der Waals surface area contributed by atoms with Gasteiger partial charge in [-0.2, -0.15) is 0 Å². The average molecular weight is 479 g/mol. The van der Waals surface area contributed by atoms with Crippen LogP contribution >= 0.6 is 0 Å². The van der Waals surface area contributed by atoms with Gasteiger partial charge in [-0.3, -0.25) is 10.7 Å². The second kappa shape index (κ2) is 6.59. The van der Waals surface area contributed by atoms with Crippen LogP contribution in [0.1, 0.15) is 0 Å². The summed E-state index contributed by atoms with van der Waals surface area (Å²) in [6, 6.07) is 19.4. The van der Waals surface area contributed by atoms with E-state index in [1.165, 1.54) is 0 Å². The van der Waals surface area contributed by atoms with E-state index in [4.69, 9.17) is 0 Å². The van der Waals surface area contributed by atoms with Gasteiger partial charge >= 0.3 is 33.2 Å². The fourth-order valence-electron chi connectivity index (χ4n) is 1.23. The van der Waals surface area contributed by atoms with Gasteiger partial charge in [0, 0.05) is 0 Å². The summed E-state index contributed by atoms with van der Waals surface area (Å²) < 4.78 is 59.6. The molecule has 0 fully saturated rings. The van der Waals surface area contributed by atoms with E-state index in [1.807, 2.05) is 60.7 Å². The molecular weight excluding hydrogens is 469 g/mol. The van der Waals surface area contributed by atoms with Crippen LogP contribution in [-0.2, 0) is 28.1 Å². The van der Waals surface area contributed by atoms with Gasteiger partial charge in [-0.05, 0) is 9.79 Å². The molecule has 0 spiro atoms. The van der Waals surface area contributed by atoms with E-state index in [0.29, 0.717) is 0 Å². The first-order chi connectivity index (χ1) is 9.11. The van der Waals surface area contributed by atoms with Crippen LogP contribution in [0, 0.1) is 0 Å². The van der Waals surface area contributed by atoms with Crippen molar-refractivity contribution >= 4 is 10.7 Å². The second-order valence-electron chi connectivity index (χ2n) is 3.49. The van der Waals surface area contributed by atoms with Gasteiger partial charge in [-0.25, -0.2) is 0 Å². The maximum Gasteiger partial charge on any atom is -0.0147 e.